The molecule has 0 spiro atoms. The average Bonchev–Trinajstić information content (AvgIpc) is 2.92. The normalized spacial score (nSPS) is 10.7. The Kier molecular flexibility index (Phi) is 5.36. The molecule has 0 fully saturated rings. The number of ether oxygens (including phenoxy) is 1. The summed E-state index contributed by atoms with van der Waals surface area (Å²) in [5.41, 5.74) is 1.00. The second-order valence-electron chi connectivity index (χ2n) is 3.86. The van der Waals surface area contributed by atoms with Gasteiger partial charge in [0.05, 0.1) is 12.0 Å². The third-order valence-electron chi connectivity index (χ3n) is 2.42. The van der Waals surface area contributed by atoms with Gasteiger partial charge in [0.25, 0.3) is 0 Å². The van der Waals surface area contributed by atoms with Crippen molar-refractivity contribution < 1.29 is 9.15 Å². The number of hydrogen-bond acceptors (Lipinski definition) is 5. The zero-order chi connectivity index (χ0) is 12.5. The Balaban J connectivity index is 1.47. The molecule has 0 aromatic carbocycles. The van der Waals surface area contributed by atoms with E-state index in [0.29, 0.717) is 6.61 Å². The first-order valence-corrected chi connectivity index (χ1v) is 6.01. The van der Waals surface area contributed by atoms with Crippen LogP contribution < -0.4 is 5.32 Å². The van der Waals surface area contributed by atoms with Crippen molar-refractivity contribution in [3.63, 3.8) is 0 Å². The van der Waals surface area contributed by atoms with E-state index >= 15 is 0 Å². The van der Waals surface area contributed by atoms with E-state index in [-0.39, 0.29) is 0 Å². The van der Waals surface area contributed by atoms with Crippen LogP contribution in [0.3, 0.4) is 0 Å². The van der Waals surface area contributed by atoms with Crippen molar-refractivity contribution >= 4 is 0 Å². The number of aromatic nitrogens is 2. The van der Waals surface area contributed by atoms with Crippen LogP contribution in [0.2, 0.25) is 0 Å². The molecular formula is C13H17N3O2. The molecule has 0 bridgehead atoms. The van der Waals surface area contributed by atoms with Gasteiger partial charge in [-0.3, -0.25) is 0 Å². The standard InChI is InChI=1S/C13H17N3O2/c1-3-13(18-8-1)10-17-7-2-5-14-9-12-4-6-15-11-16-12/h1,3-4,6,8,11,14H,2,5,7,9-10H2. The summed E-state index contributed by atoms with van der Waals surface area (Å²) in [7, 11) is 0. The van der Waals surface area contributed by atoms with Gasteiger partial charge in [-0.2, -0.15) is 0 Å². The molecule has 0 radical (unpaired) electrons. The Labute approximate surface area is 106 Å². The van der Waals surface area contributed by atoms with E-state index in [1.165, 1.54) is 0 Å². The van der Waals surface area contributed by atoms with Crippen molar-refractivity contribution in [2.75, 3.05) is 13.2 Å². The van der Waals surface area contributed by atoms with E-state index in [2.05, 4.69) is 15.3 Å². The third kappa shape index (κ3) is 4.65. The minimum Gasteiger partial charge on any atom is -0.467 e. The van der Waals surface area contributed by atoms with Crippen LogP contribution in [-0.2, 0) is 17.9 Å². The molecule has 0 saturated carbocycles. The number of nitrogens with zero attached hydrogens (tertiary/aromatic N) is 2. The largest absolute Gasteiger partial charge is 0.467 e. The summed E-state index contributed by atoms with van der Waals surface area (Å²) < 4.78 is 10.6. The molecule has 0 unspecified atom stereocenters. The summed E-state index contributed by atoms with van der Waals surface area (Å²) in [5, 5.41) is 3.30. The number of nitrogens with one attached hydrogen (secondary N) is 1. The maximum absolute atomic E-state index is 5.47. The minimum atomic E-state index is 0.541. The third-order valence-corrected chi connectivity index (χ3v) is 2.42. The van der Waals surface area contributed by atoms with E-state index < -0.39 is 0 Å². The van der Waals surface area contributed by atoms with Crippen molar-refractivity contribution in [1.29, 1.82) is 0 Å². The molecular weight excluding hydrogens is 230 g/mol. The number of furan rings is 1. The maximum atomic E-state index is 5.47. The van der Waals surface area contributed by atoms with Crippen molar-refractivity contribution in [1.82, 2.24) is 15.3 Å². The first kappa shape index (κ1) is 12.7. The summed E-state index contributed by atoms with van der Waals surface area (Å²) in [6.07, 6.45) is 5.92. The van der Waals surface area contributed by atoms with Crippen LogP contribution in [0, 0.1) is 0 Å². The van der Waals surface area contributed by atoms with Crippen LogP contribution in [-0.4, -0.2) is 23.1 Å². The second kappa shape index (κ2) is 7.58. The molecule has 0 aliphatic carbocycles. The fourth-order valence-corrected chi connectivity index (χ4v) is 1.51. The molecule has 2 aromatic heterocycles. The van der Waals surface area contributed by atoms with Gasteiger partial charge in [-0.25, -0.2) is 9.97 Å². The Hall–Kier alpha value is -1.72. The topological polar surface area (TPSA) is 60.2 Å². The Bertz CT molecular complexity index is 417. The van der Waals surface area contributed by atoms with Gasteiger partial charge in [0.2, 0.25) is 0 Å². The molecule has 5 heteroatoms. The maximum Gasteiger partial charge on any atom is 0.129 e. The fraction of sp³-hybridized carbons (Fsp3) is 0.385. The van der Waals surface area contributed by atoms with E-state index in [4.69, 9.17) is 9.15 Å². The zero-order valence-corrected chi connectivity index (χ0v) is 10.2. The molecule has 2 aromatic rings. The van der Waals surface area contributed by atoms with Crippen molar-refractivity contribution in [3.8, 4) is 0 Å². The molecule has 2 rings (SSSR count). The van der Waals surface area contributed by atoms with E-state index in [0.717, 1.165) is 37.6 Å². The minimum absolute atomic E-state index is 0.541. The quantitative estimate of drug-likeness (QED) is 0.720. The molecule has 0 aliphatic heterocycles. The fourth-order valence-electron chi connectivity index (χ4n) is 1.51. The van der Waals surface area contributed by atoms with Crippen molar-refractivity contribution in [2.24, 2.45) is 0 Å². The monoisotopic (exact) mass is 247 g/mol. The van der Waals surface area contributed by atoms with Crippen LogP contribution in [0.5, 0.6) is 0 Å². The molecule has 0 aliphatic rings. The average molecular weight is 247 g/mol. The summed E-state index contributed by atoms with van der Waals surface area (Å²) >= 11 is 0. The van der Waals surface area contributed by atoms with Gasteiger partial charge in [0, 0.05) is 19.3 Å². The van der Waals surface area contributed by atoms with E-state index in [1.54, 1.807) is 18.8 Å². The van der Waals surface area contributed by atoms with Gasteiger partial charge in [0.1, 0.15) is 18.7 Å². The van der Waals surface area contributed by atoms with Crippen LogP contribution in [0.1, 0.15) is 17.9 Å². The highest BCUT2D eigenvalue weighted by atomic mass is 16.5. The molecule has 2 heterocycles. The highest BCUT2D eigenvalue weighted by molar-refractivity contribution is 4.97. The number of hydrogen-bond donors (Lipinski definition) is 1. The highest BCUT2D eigenvalue weighted by Crippen LogP contribution is 2.01. The van der Waals surface area contributed by atoms with Crippen molar-refractivity contribution in [3.05, 3.63) is 48.4 Å². The van der Waals surface area contributed by atoms with Gasteiger partial charge < -0.3 is 14.5 Å². The summed E-state index contributed by atoms with van der Waals surface area (Å²) in [5.74, 6) is 0.865. The first-order valence-electron chi connectivity index (χ1n) is 6.01. The molecule has 0 saturated heterocycles. The lowest BCUT2D eigenvalue weighted by atomic mass is 10.4. The predicted octanol–water partition coefficient (Wildman–Crippen LogP) is 1.77. The summed E-state index contributed by atoms with van der Waals surface area (Å²) in [6, 6.07) is 5.68. The molecule has 0 atom stereocenters. The summed E-state index contributed by atoms with van der Waals surface area (Å²) in [4.78, 5) is 8.00. The van der Waals surface area contributed by atoms with Gasteiger partial charge >= 0.3 is 0 Å². The molecule has 18 heavy (non-hydrogen) atoms. The molecule has 5 nitrogen and oxygen atoms in total. The number of rotatable bonds is 8. The van der Waals surface area contributed by atoms with Gasteiger partial charge in [-0.05, 0) is 31.2 Å². The molecule has 0 amide bonds. The van der Waals surface area contributed by atoms with Crippen LogP contribution in [0.25, 0.3) is 0 Å². The lowest BCUT2D eigenvalue weighted by Gasteiger charge is -2.04. The second-order valence-corrected chi connectivity index (χ2v) is 3.86. The SMILES string of the molecule is c1coc(COCCCNCc2ccncn2)c1. The Morgan fingerprint density at radius 3 is 3.11 bits per heavy atom. The van der Waals surface area contributed by atoms with Crippen LogP contribution in [0.15, 0.2) is 41.4 Å². The van der Waals surface area contributed by atoms with Crippen LogP contribution in [0.4, 0.5) is 0 Å². The van der Waals surface area contributed by atoms with Gasteiger partial charge in [-0.15, -0.1) is 0 Å². The van der Waals surface area contributed by atoms with Crippen LogP contribution >= 0.6 is 0 Å². The predicted molar refractivity (Wildman–Crippen MR) is 66.7 cm³/mol. The highest BCUT2D eigenvalue weighted by Gasteiger charge is 1.96. The van der Waals surface area contributed by atoms with E-state index in [1.807, 2.05) is 18.2 Å². The summed E-state index contributed by atoms with van der Waals surface area (Å²) in [6.45, 7) is 2.93. The molecule has 96 valence electrons. The first-order chi connectivity index (χ1) is 8.95. The van der Waals surface area contributed by atoms with E-state index in [9.17, 15) is 0 Å². The Morgan fingerprint density at radius 2 is 2.33 bits per heavy atom. The molecule has 1 N–H and O–H groups in total. The zero-order valence-electron chi connectivity index (χ0n) is 10.2. The Morgan fingerprint density at radius 1 is 1.33 bits per heavy atom. The lowest BCUT2D eigenvalue weighted by Crippen LogP contribution is -2.17. The lowest BCUT2D eigenvalue weighted by molar-refractivity contribution is 0.104. The van der Waals surface area contributed by atoms with Gasteiger partial charge in [-0.1, -0.05) is 0 Å². The smallest absolute Gasteiger partial charge is 0.129 e. The van der Waals surface area contributed by atoms with Gasteiger partial charge in [0.15, 0.2) is 0 Å². The van der Waals surface area contributed by atoms with Crippen molar-refractivity contribution in [2.45, 2.75) is 19.6 Å².